The summed E-state index contributed by atoms with van der Waals surface area (Å²) >= 11 is 0. The molecule has 0 radical (unpaired) electrons. The van der Waals surface area contributed by atoms with Gasteiger partial charge in [0.25, 0.3) is 0 Å². The van der Waals surface area contributed by atoms with Gasteiger partial charge in [-0.2, -0.15) is 0 Å². The van der Waals surface area contributed by atoms with Crippen molar-refractivity contribution in [2.45, 2.75) is 17.7 Å². The zero-order valence-electron chi connectivity index (χ0n) is 10.7. The predicted molar refractivity (Wildman–Crippen MR) is 72.8 cm³/mol. The van der Waals surface area contributed by atoms with Gasteiger partial charge in [0.05, 0.1) is 11.5 Å². The van der Waals surface area contributed by atoms with E-state index in [1.165, 1.54) is 0 Å². The van der Waals surface area contributed by atoms with Gasteiger partial charge < -0.3 is 10.1 Å². The van der Waals surface area contributed by atoms with E-state index in [0.29, 0.717) is 24.0 Å². The minimum absolute atomic E-state index is 0.297. The molecular weight excluding hydrogens is 264 g/mol. The Balaban J connectivity index is 1.72. The third-order valence-corrected chi connectivity index (χ3v) is 5.10. The fourth-order valence-electron chi connectivity index (χ4n) is 2.50. The van der Waals surface area contributed by atoms with Gasteiger partial charge in [-0.15, -0.1) is 0 Å². The Bertz CT molecular complexity index is 565. The van der Waals surface area contributed by atoms with E-state index >= 15 is 0 Å². The standard InChI is InChI=1S/C13H18N2O3S/c16-19(17,15-8-10-4-6-18-9-10)12-1-2-13-11(7-12)3-5-14-13/h1-2,7,10,14-15H,3-6,8-9H2. The maximum absolute atomic E-state index is 12.2. The maximum Gasteiger partial charge on any atom is 0.240 e. The Labute approximate surface area is 113 Å². The molecular formula is C13H18N2O3S. The number of anilines is 1. The summed E-state index contributed by atoms with van der Waals surface area (Å²) in [7, 11) is -3.40. The summed E-state index contributed by atoms with van der Waals surface area (Å²) in [6.45, 7) is 2.72. The highest BCUT2D eigenvalue weighted by Crippen LogP contribution is 2.25. The highest BCUT2D eigenvalue weighted by Gasteiger charge is 2.21. The van der Waals surface area contributed by atoms with Crippen molar-refractivity contribution >= 4 is 15.7 Å². The molecule has 1 aromatic rings. The number of ether oxygens (including phenoxy) is 1. The molecule has 1 atom stereocenters. The van der Waals surface area contributed by atoms with Crippen LogP contribution in [-0.2, 0) is 21.2 Å². The molecule has 1 saturated heterocycles. The predicted octanol–water partition coefficient (Wildman–Crippen LogP) is 0.969. The van der Waals surface area contributed by atoms with Crippen molar-refractivity contribution in [3.05, 3.63) is 23.8 Å². The lowest BCUT2D eigenvalue weighted by Gasteiger charge is -2.11. The molecule has 0 saturated carbocycles. The van der Waals surface area contributed by atoms with E-state index in [0.717, 1.165) is 37.2 Å². The second-order valence-electron chi connectivity index (χ2n) is 5.08. The largest absolute Gasteiger partial charge is 0.384 e. The molecule has 0 amide bonds. The second kappa shape index (κ2) is 5.11. The zero-order valence-corrected chi connectivity index (χ0v) is 11.5. The van der Waals surface area contributed by atoms with Crippen LogP contribution in [0, 0.1) is 5.92 Å². The summed E-state index contributed by atoms with van der Waals surface area (Å²) in [5, 5.41) is 3.22. The molecule has 6 heteroatoms. The van der Waals surface area contributed by atoms with Gasteiger partial charge in [-0.3, -0.25) is 0 Å². The molecule has 0 aliphatic carbocycles. The second-order valence-corrected chi connectivity index (χ2v) is 6.84. The molecule has 19 heavy (non-hydrogen) atoms. The molecule has 0 bridgehead atoms. The average Bonchev–Trinajstić information content (AvgIpc) is 3.06. The van der Waals surface area contributed by atoms with Gasteiger partial charge in [-0.25, -0.2) is 13.1 Å². The maximum atomic E-state index is 12.2. The van der Waals surface area contributed by atoms with Gasteiger partial charge in [0.2, 0.25) is 10.0 Å². The van der Waals surface area contributed by atoms with Crippen LogP contribution >= 0.6 is 0 Å². The van der Waals surface area contributed by atoms with Crippen molar-refractivity contribution < 1.29 is 13.2 Å². The molecule has 2 aliphatic heterocycles. The van der Waals surface area contributed by atoms with Gasteiger partial charge in [-0.1, -0.05) is 0 Å². The van der Waals surface area contributed by atoms with Crippen LogP contribution in [0.4, 0.5) is 5.69 Å². The summed E-state index contributed by atoms with van der Waals surface area (Å²) in [5.74, 6) is 0.297. The van der Waals surface area contributed by atoms with Crippen molar-refractivity contribution in [1.29, 1.82) is 0 Å². The average molecular weight is 282 g/mol. The normalized spacial score (nSPS) is 22.2. The minimum Gasteiger partial charge on any atom is -0.384 e. The molecule has 5 nitrogen and oxygen atoms in total. The van der Waals surface area contributed by atoms with Crippen LogP contribution in [0.5, 0.6) is 0 Å². The van der Waals surface area contributed by atoms with Gasteiger partial charge in [0.15, 0.2) is 0 Å². The fourth-order valence-corrected chi connectivity index (χ4v) is 3.67. The Morgan fingerprint density at radius 2 is 2.32 bits per heavy atom. The molecule has 3 rings (SSSR count). The minimum atomic E-state index is -3.40. The topological polar surface area (TPSA) is 67.4 Å². The van der Waals surface area contributed by atoms with Crippen LogP contribution in [0.2, 0.25) is 0 Å². The van der Waals surface area contributed by atoms with Crippen molar-refractivity contribution in [3.63, 3.8) is 0 Å². The summed E-state index contributed by atoms with van der Waals surface area (Å²) in [6, 6.07) is 5.27. The SMILES string of the molecule is O=S(=O)(NCC1CCOC1)c1ccc2c(c1)CCN2. The summed E-state index contributed by atoms with van der Waals surface area (Å²) in [6.07, 6.45) is 1.81. The first-order chi connectivity index (χ1) is 9.15. The van der Waals surface area contributed by atoms with Crippen molar-refractivity contribution in [2.75, 3.05) is 31.6 Å². The molecule has 2 heterocycles. The Hall–Kier alpha value is -1.11. The van der Waals surface area contributed by atoms with Gasteiger partial charge in [0.1, 0.15) is 0 Å². The van der Waals surface area contributed by atoms with E-state index in [9.17, 15) is 8.42 Å². The van der Waals surface area contributed by atoms with Crippen LogP contribution in [0.3, 0.4) is 0 Å². The van der Waals surface area contributed by atoms with Crippen LogP contribution in [0.25, 0.3) is 0 Å². The summed E-state index contributed by atoms with van der Waals surface area (Å²) < 4.78 is 32.4. The third-order valence-electron chi connectivity index (χ3n) is 3.68. The number of nitrogens with one attached hydrogen (secondary N) is 2. The Morgan fingerprint density at radius 1 is 1.42 bits per heavy atom. The number of sulfonamides is 1. The zero-order chi connectivity index (χ0) is 13.3. The van der Waals surface area contributed by atoms with Crippen molar-refractivity contribution in [2.24, 2.45) is 5.92 Å². The van der Waals surface area contributed by atoms with E-state index in [1.807, 2.05) is 6.07 Å². The van der Waals surface area contributed by atoms with E-state index in [4.69, 9.17) is 4.74 Å². The van der Waals surface area contributed by atoms with Gasteiger partial charge >= 0.3 is 0 Å². The number of hydrogen-bond acceptors (Lipinski definition) is 4. The smallest absolute Gasteiger partial charge is 0.240 e. The quantitative estimate of drug-likeness (QED) is 0.863. The molecule has 1 fully saturated rings. The van der Waals surface area contributed by atoms with Crippen LogP contribution in [0.15, 0.2) is 23.1 Å². The first-order valence-corrected chi connectivity index (χ1v) is 8.08. The first kappa shape index (κ1) is 12.9. The van der Waals surface area contributed by atoms with Crippen molar-refractivity contribution in [1.82, 2.24) is 4.72 Å². The number of hydrogen-bond donors (Lipinski definition) is 2. The highest BCUT2D eigenvalue weighted by atomic mass is 32.2. The fraction of sp³-hybridized carbons (Fsp3) is 0.538. The van der Waals surface area contributed by atoms with Crippen molar-refractivity contribution in [3.8, 4) is 0 Å². The molecule has 0 aromatic heterocycles. The molecule has 0 spiro atoms. The summed E-state index contributed by atoms with van der Waals surface area (Å²) in [5.41, 5.74) is 2.12. The van der Waals surface area contributed by atoms with Gasteiger partial charge in [-0.05, 0) is 42.5 Å². The molecule has 104 valence electrons. The van der Waals surface area contributed by atoms with Gasteiger partial charge in [0, 0.05) is 25.4 Å². The highest BCUT2D eigenvalue weighted by molar-refractivity contribution is 7.89. The van der Waals surface area contributed by atoms with E-state index in [1.54, 1.807) is 12.1 Å². The van der Waals surface area contributed by atoms with E-state index in [2.05, 4.69) is 10.0 Å². The third kappa shape index (κ3) is 2.75. The molecule has 2 N–H and O–H groups in total. The number of rotatable bonds is 4. The molecule has 2 aliphatic rings. The monoisotopic (exact) mass is 282 g/mol. The van der Waals surface area contributed by atoms with Crippen LogP contribution < -0.4 is 10.0 Å². The first-order valence-electron chi connectivity index (χ1n) is 6.59. The number of fused-ring (bicyclic) bond motifs is 1. The Morgan fingerprint density at radius 3 is 3.11 bits per heavy atom. The lowest BCUT2D eigenvalue weighted by Crippen LogP contribution is -2.29. The lowest BCUT2D eigenvalue weighted by molar-refractivity contribution is 0.186. The van der Waals surface area contributed by atoms with E-state index < -0.39 is 10.0 Å². The van der Waals surface area contributed by atoms with E-state index in [-0.39, 0.29) is 0 Å². The summed E-state index contributed by atoms with van der Waals surface area (Å²) in [4.78, 5) is 0.355. The Kier molecular flexibility index (Phi) is 3.47. The molecule has 1 aromatic carbocycles. The van der Waals surface area contributed by atoms with Crippen LogP contribution in [-0.4, -0.2) is 34.7 Å². The number of benzene rings is 1. The van der Waals surface area contributed by atoms with Crippen LogP contribution in [0.1, 0.15) is 12.0 Å². The molecule has 1 unspecified atom stereocenters. The lowest BCUT2D eigenvalue weighted by atomic mass is 10.1.